The third-order valence-corrected chi connectivity index (χ3v) is 3.95. The lowest BCUT2D eigenvalue weighted by Crippen LogP contribution is -2.11. The van der Waals surface area contributed by atoms with Crippen LogP contribution in [0.5, 0.6) is 0 Å². The molecule has 0 amide bonds. The van der Waals surface area contributed by atoms with Gasteiger partial charge < -0.3 is 5.32 Å². The molecule has 3 heteroatoms. The lowest BCUT2D eigenvalue weighted by molar-refractivity contribution is 0.660. The Morgan fingerprint density at radius 1 is 1.67 bits per heavy atom. The molecule has 1 nitrogen and oxygen atoms in total. The third kappa shape index (κ3) is 1.51. The van der Waals surface area contributed by atoms with Crippen LogP contribution in [-0.4, -0.2) is 6.54 Å². The second-order valence-corrected chi connectivity index (χ2v) is 4.90. The molecule has 1 aromatic heterocycles. The van der Waals surface area contributed by atoms with Crippen LogP contribution >= 0.6 is 22.9 Å². The molecule has 0 spiro atoms. The number of rotatable bonds is 1. The largest absolute Gasteiger partial charge is 0.309 e. The second kappa shape index (κ2) is 3.36. The molecule has 1 aromatic rings. The zero-order valence-electron chi connectivity index (χ0n) is 7.06. The zero-order valence-corrected chi connectivity index (χ0v) is 8.63. The lowest BCUT2D eigenvalue weighted by Gasteiger charge is -2.05. The minimum absolute atomic E-state index is 0.571. The van der Waals surface area contributed by atoms with E-state index in [1.54, 1.807) is 0 Å². The number of hydrogen-bond acceptors (Lipinski definition) is 2. The van der Waals surface area contributed by atoms with Gasteiger partial charge in [-0.25, -0.2) is 0 Å². The van der Waals surface area contributed by atoms with Crippen LogP contribution < -0.4 is 5.32 Å². The molecule has 1 saturated heterocycles. The van der Waals surface area contributed by atoms with Crippen molar-refractivity contribution in [3.05, 3.63) is 20.8 Å². The maximum Gasteiger partial charge on any atom is 0.0545 e. The van der Waals surface area contributed by atoms with Gasteiger partial charge in [-0.1, -0.05) is 11.6 Å². The van der Waals surface area contributed by atoms with Crippen LogP contribution in [0.25, 0.3) is 0 Å². The molecule has 12 heavy (non-hydrogen) atoms. The smallest absolute Gasteiger partial charge is 0.0545 e. The van der Waals surface area contributed by atoms with Gasteiger partial charge in [0.15, 0.2) is 0 Å². The first-order chi connectivity index (χ1) is 5.77. The highest BCUT2D eigenvalue weighted by atomic mass is 35.5. The van der Waals surface area contributed by atoms with Crippen LogP contribution in [0.15, 0.2) is 6.07 Å². The normalized spacial score (nSPS) is 23.3. The molecular weight excluding hydrogens is 190 g/mol. The predicted octanol–water partition coefficient (Wildman–Crippen LogP) is 3.13. The fraction of sp³-hybridized carbons (Fsp3) is 0.556. The van der Waals surface area contributed by atoms with Crippen LogP contribution in [0.3, 0.4) is 0 Å². The summed E-state index contributed by atoms with van der Waals surface area (Å²) in [5.74, 6) is 0. The Bertz CT molecular complexity index is 257. The summed E-state index contributed by atoms with van der Waals surface area (Å²) in [4.78, 5) is 2.63. The van der Waals surface area contributed by atoms with Crippen molar-refractivity contribution in [2.24, 2.45) is 0 Å². The Hall–Kier alpha value is -0.0500. The van der Waals surface area contributed by atoms with Crippen LogP contribution in [-0.2, 0) is 0 Å². The molecule has 0 aliphatic carbocycles. The topological polar surface area (TPSA) is 12.0 Å². The van der Waals surface area contributed by atoms with Gasteiger partial charge in [0, 0.05) is 15.8 Å². The quantitative estimate of drug-likeness (QED) is 0.736. The highest BCUT2D eigenvalue weighted by molar-refractivity contribution is 7.12. The highest BCUT2D eigenvalue weighted by Gasteiger charge is 2.18. The van der Waals surface area contributed by atoms with Gasteiger partial charge in [-0.2, -0.15) is 0 Å². The van der Waals surface area contributed by atoms with Gasteiger partial charge in [0.05, 0.1) is 5.02 Å². The summed E-state index contributed by atoms with van der Waals surface area (Å²) in [6, 6.07) is 2.67. The van der Waals surface area contributed by atoms with Gasteiger partial charge in [-0.3, -0.25) is 0 Å². The molecule has 1 aliphatic heterocycles. The summed E-state index contributed by atoms with van der Waals surface area (Å²) in [6.45, 7) is 3.23. The van der Waals surface area contributed by atoms with Gasteiger partial charge in [0.2, 0.25) is 0 Å². The Kier molecular flexibility index (Phi) is 2.40. The van der Waals surface area contributed by atoms with E-state index in [-0.39, 0.29) is 0 Å². The van der Waals surface area contributed by atoms with E-state index in [1.807, 2.05) is 11.3 Å². The second-order valence-electron chi connectivity index (χ2n) is 3.20. The summed E-state index contributed by atoms with van der Waals surface area (Å²) in [7, 11) is 0. The molecule has 0 aromatic carbocycles. The van der Waals surface area contributed by atoms with Gasteiger partial charge in [0.1, 0.15) is 0 Å². The summed E-state index contributed by atoms with van der Waals surface area (Å²) in [6.07, 6.45) is 2.55. The fourth-order valence-electron chi connectivity index (χ4n) is 1.58. The summed E-state index contributed by atoms with van der Waals surface area (Å²) in [5, 5.41) is 4.39. The first kappa shape index (κ1) is 8.54. The van der Waals surface area contributed by atoms with Gasteiger partial charge in [-0.15, -0.1) is 11.3 Å². The zero-order chi connectivity index (χ0) is 8.55. The molecule has 0 bridgehead atoms. The standard InChI is InChI=1S/C9H12ClNS/c1-6-7(10)5-9(12-6)8-3-2-4-11-8/h5,8,11H,2-4H2,1H3. The predicted molar refractivity (Wildman–Crippen MR) is 54.0 cm³/mol. The molecule has 66 valence electrons. The van der Waals surface area contributed by atoms with Crippen molar-refractivity contribution in [2.75, 3.05) is 6.54 Å². The van der Waals surface area contributed by atoms with Crippen molar-refractivity contribution in [1.29, 1.82) is 0 Å². The molecule has 2 heterocycles. The first-order valence-corrected chi connectivity index (χ1v) is 5.46. The monoisotopic (exact) mass is 201 g/mol. The minimum Gasteiger partial charge on any atom is -0.309 e. The molecule has 1 fully saturated rings. The van der Waals surface area contributed by atoms with Crippen molar-refractivity contribution in [3.63, 3.8) is 0 Å². The molecule has 0 radical (unpaired) electrons. The van der Waals surface area contributed by atoms with E-state index >= 15 is 0 Å². The van der Waals surface area contributed by atoms with Gasteiger partial charge in [-0.05, 0) is 32.4 Å². The number of nitrogens with one attached hydrogen (secondary N) is 1. The van der Waals surface area contributed by atoms with E-state index in [0.717, 1.165) is 11.6 Å². The van der Waals surface area contributed by atoms with E-state index in [9.17, 15) is 0 Å². The molecular formula is C9H12ClNS. The maximum absolute atomic E-state index is 5.99. The van der Waals surface area contributed by atoms with E-state index in [4.69, 9.17) is 11.6 Å². The lowest BCUT2D eigenvalue weighted by atomic mass is 10.2. The Labute approximate surface area is 81.7 Å². The minimum atomic E-state index is 0.571. The fourth-order valence-corrected chi connectivity index (χ4v) is 2.91. The van der Waals surface area contributed by atoms with E-state index in [1.165, 1.54) is 22.6 Å². The number of halogens is 1. The maximum atomic E-state index is 5.99. The molecule has 1 aliphatic rings. The number of aryl methyl sites for hydroxylation is 1. The van der Waals surface area contributed by atoms with Crippen LogP contribution in [0.4, 0.5) is 0 Å². The summed E-state index contributed by atoms with van der Waals surface area (Å²) < 4.78 is 0. The molecule has 1 atom stereocenters. The van der Waals surface area contributed by atoms with E-state index < -0.39 is 0 Å². The molecule has 1 unspecified atom stereocenters. The van der Waals surface area contributed by atoms with Gasteiger partial charge >= 0.3 is 0 Å². The van der Waals surface area contributed by atoms with Crippen molar-refractivity contribution < 1.29 is 0 Å². The van der Waals surface area contributed by atoms with Gasteiger partial charge in [0.25, 0.3) is 0 Å². The average molecular weight is 202 g/mol. The summed E-state index contributed by atoms with van der Waals surface area (Å²) in [5.41, 5.74) is 0. The van der Waals surface area contributed by atoms with Crippen LogP contribution in [0, 0.1) is 6.92 Å². The SMILES string of the molecule is Cc1sc(C2CCCN2)cc1Cl. The van der Waals surface area contributed by atoms with Crippen LogP contribution in [0.1, 0.15) is 28.6 Å². The molecule has 0 saturated carbocycles. The summed E-state index contributed by atoms with van der Waals surface area (Å²) >= 11 is 7.81. The first-order valence-electron chi connectivity index (χ1n) is 4.26. The van der Waals surface area contributed by atoms with E-state index in [2.05, 4.69) is 18.3 Å². The molecule has 2 rings (SSSR count). The van der Waals surface area contributed by atoms with Crippen LogP contribution in [0.2, 0.25) is 5.02 Å². The Balaban J connectivity index is 2.21. The third-order valence-electron chi connectivity index (χ3n) is 2.28. The van der Waals surface area contributed by atoms with Crippen molar-refractivity contribution in [2.45, 2.75) is 25.8 Å². The van der Waals surface area contributed by atoms with Crippen molar-refractivity contribution in [3.8, 4) is 0 Å². The number of hydrogen-bond donors (Lipinski definition) is 1. The average Bonchev–Trinajstić information content (AvgIpc) is 2.61. The van der Waals surface area contributed by atoms with E-state index in [0.29, 0.717) is 6.04 Å². The Morgan fingerprint density at radius 3 is 3.00 bits per heavy atom. The highest BCUT2D eigenvalue weighted by Crippen LogP contribution is 2.33. The number of thiophene rings is 1. The van der Waals surface area contributed by atoms with Crippen molar-refractivity contribution in [1.82, 2.24) is 5.32 Å². The van der Waals surface area contributed by atoms with Crippen molar-refractivity contribution >= 4 is 22.9 Å². The molecule has 1 N–H and O–H groups in total. The Morgan fingerprint density at radius 2 is 2.50 bits per heavy atom.